The lowest BCUT2D eigenvalue weighted by Gasteiger charge is -2.33. The van der Waals surface area contributed by atoms with Gasteiger partial charge < -0.3 is 4.52 Å². The quantitative estimate of drug-likeness (QED) is 0.543. The van der Waals surface area contributed by atoms with Crippen molar-refractivity contribution >= 4 is 21.2 Å². The van der Waals surface area contributed by atoms with Gasteiger partial charge in [0.2, 0.25) is 21.6 Å². The molecule has 0 N–H and O–H groups in total. The van der Waals surface area contributed by atoms with Crippen LogP contribution in [0.25, 0.3) is 10.7 Å². The molecule has 0 aliphatic carbocycles. The predicted molar refractivity (Wildman–Crippen MR) is 108 cm³/mol. The maximum absolute atomic E-state index is 12.6. The number of rotatable bonds is 7. The molecule has 30 heavy (non-hydrogen) atoms. The van der Waals surface area contributed by atoms with E-state index >= 15 is 0 Å². The molecule has 1 fully saturated rings. The van der Waals surface area contributed by atoms with Crippen molar-refractivity contribution in [2.75, 3.05) is 26.2 Å². The first-order valence-electron chi connectivity index (χ1n) is 9.34. The molecule has 0 unspecified atom stereocenters. The zero-order chi connectivity index (χ0) is 21.1. The number of hydrogen-bond donors (Lipinski definition) is 0. The third kappa shape index (κ3) is 4.75. The topological polar surface area (TPSA) is 79.5 Å². The van der Waals surface area contributed by atoms with Crippen LogP contribution in [0.1, 0.15) is 11.5 Å². The molecule has 7 nitrogen and oxygen atoms in total. The second-order valence-electron chi connectivity index (χ2n) is 6.99. The smallest absolute Gasteiger partial charge is 0.338 e. The van der Waals surface area contributed by atoms with Crippen molar-refractivity contribution in [3.63, 3.8) is 0 Å². The summed E-state index contributed by atoms with van der Waals surface area (Å²) < 4.78 is 53.6. The third-order valence-corrected chi connectivity index (χ3v) is 7.19. The molecule has 1 aliphatic rings. The minimum absolute atomic E-state index is 0.354. The second kappa shape index (κ2) is 8.88. The SMILES string of the molecule is O=S(=O)(c1ccc(CN2CCN(Cc3nc(-c4cccs4)no3)CC2)cc1)C(F)F. The fourth-order valence-corrected chi connectivity index (χ4v) is 4.64. The van der Waals surface area contributed by atoms with E-state index in [0.717, 1.165) is 36.6 Å². The fraction of sp³-hybridized carbons (Fsp3) is 0.368. The molecule has 4 rings (SSSR count). The highest BCUT2D eigenvalue weighted by Gasteiger charge is 2.26. The van der Waals surface area contributed by atoms with Crippen molar-refractivity contribution in [1.82, 2.24) is 19.9 Å². The Labute approximate surface area is 176 Å². The number of benzene rings is 1. The van der Waals surface area contributed by atoms with Gasteiger partial charge >= 0.3 is 5.76 Å². The summed E-state index contributed by atoms with van der Waals surface area (Å²) in [6.07, 6.45) is 0. The lowest BCUT2D eigenvalue weighted by atomic mass is 10.2. The van der Waals surface area contributed by atoms with Gasteiger partial charge in [0.05, 0.1) is 16.3 Å². The summed E-state index contributed by atoms with van der Waals surface area (Å²) in [5.74, 6) is -2.21. The van der Waals surface area contributed by atoms with E-state index in [1.165, 1.54) is 12.1 Å². The Balaban J connectivity index is 1.28. The number of piperazine rings is 1. The van der Waals surface area contributed by atoms with Gasteiger partial charge in [0.1, 0.15) is 0 Å². The second-order valence-corrected chi connectivity index (χ2v) is 9.86. The highest BCUT2D eigenvalue weighted by atomic mass is 32.2. The summed E-state index contributed by atoms with van der Waals surface area (Å²) >= 11 is 1.56. The summed E-state index contributed by atoms with van der Waals surface area (Å²) in [5, 5.41) is 6.00. The van der Waals surface area contributed by atoms with Crippen LogP contribution in [-0.2, 0) is 22.9 Å². The summed E-state index contributed by atoms with van der Waals surface area (Å²) in [5.41, 5.74) is 0.883. The molecule has 0 atom stereocenters. The fourth-order valence-electron chi connectivity index (χ4n) is 3.27. The van der Waals surface area contributed by atoms with Gasteiger partial charge in [0.15, 0.2) is 0 Å². The van der Waals surface area contributed by atoms with Gasteiger partial charge in [-0.15, -0.1) is 11.3 Å². The van der Waals surface area contributed by atoms with Crippen molar-refractivity contribution < 1.29 is 21.7 Å². The molecule has 1 aliphatic heterocycles. The van der Waals surface area contributed by atoms with Crippen LogP contribution in [0, 0.1) is 0 Å². The molecule has 160 valence electrons. The number of thiophene rings is 1. The Morgan fingerprint density at radius 1 is 1.03 bits per heavy atom. The summed E-state index contributed by atoms with van der Waals surface area (Å²) in [6, 6.07) is 9.56. The largest absolute Gasteiger partial charge is 0.341 e. The Morgan fingerprint density at radius 3 is 2.30 bits per heavy atom. The number of hydrogen-bond acceptors (Lipinski definition) is 8. The third-order valence-electron chi connectivity index (χ3n) is 4.93. The number of halogens is 2. The van der Waals surface area contributed by atoms with Crippen LogP contribution in [0.3, 0.4) is 0 Å². The van der Waals surface area contributed by atoms with E-state index in [9.17, 15) is 17.2 Å². The van der Waals surface area contributed by atoms with Gasteiger partial charge in [0.25, 0.3) is 0 Å². The van der Waals surface area contributed by atoms with Crippen molar-refractivity contribution in [1.29, 1.82) is 0 Å². The average molecular weight is 455 g/mol. The van der Waals surface area contributed by atoms with E-state index < -0.39 is 15.6 Å². The molecule has 0 bridgehead atoms. The minimum Gasteiger partial charge on any atom is -0.338 e. The molecule has 3 aromatic rings. The normalized spacial score (nSPS) is 16.4. The lowest BCUT2D eigenvalue weighted by molar-refractivity contribution is 0.112. The molecule has 0 amide bonds. The number of sulfone groups is 1. The number of aromatic nitrogens is 2. The zero-order valence-electron chi connectivity index (χ0n) is 15.9. The molecule has 2 aromatic heterocycles. The molecule has 1 aromatic carbocycles. The summed E-state index contributed by atoms with van der Waals surface area (Å²) in [4.78, 5) is 9.54. The predicted octanol–water partition coefficient (Wildman–Crippen LogP) is 3.11. The van der Waals surface area contributed by atoms with Crippen LogP contribution >= 0.6 is 11.3 Å². The first kappa shape index (κ1) is 21.0. The molecule has 11 heteroatoms. The zero-order valence-corrected chi connectivity index (χ0v) is 17.6. The molecule has 0 spiro atoms. The van der Waals surface area contributed by atoms with Crippen LogP contribution in [0.15, 0.2) is 51.2 Å². The van der Waals surface area contributed by atoms with Gasteiger partial charge in [-0.3, -0.25) is 9.80 Å². The van der Waals surface area contributed by atoms with E-state index in [-0.39, 0.29) is 4.90 Å². The van der Waals surface area contributed by atoms with Crippen LogP contribution < -0.4 is 0 Å². The van der Waals surface area contributed by atoms with E-state index in [0.29, 0.717) is 24.8 Å². The van der Waals surface area contributed by atoms with Gasteiger partial charge in [0, 0.05) is 32.7 Å². The Morgan fingerprint density at radius 2 is 1.70 bits per heavy atom. The Hall–Kier alpha value is -2.21. The van der Waals surface area contributed by atoms with Crippen LogP contribution in [0.4, 0.5) is 8.78 Å². The Bertz CT molecular complexity index is 1060. The minimum atomic E-state index is -4.55. The van der Waals surface area contributed by atoms with E-state index in [1.807, 2.05) is 17.5 Å². The van der Waals surface area contributed by atoms with Crippen LogP contribution in [0.2, 0.25) is 0 Å². The summed E-state index contributed by atoms with van der Waals surface area (Å²) in [7, 11) is -4.55. The average Bonchev–Trinajstić information content (AvgIpc) is 3.42. The molecule has 1 saturated heterocycles. The van der Waals surface area contributed by atoms with Crippen LogP contribution in [-0.4, -0.2) is 60.3 Å². The van der Waals surface area contributed by atoms with Crippen molar-refractivity contribution in [3.8, 4) is 10.7 Å². The summed E-state index contributed by atoms with van der Waals surface area (Å²) in [6.45, 7) is 4.52. The molecule has 0 saturated carbocycles. The van der Waals surface area contributed by atoms with E-state index in [4.69, 9.17) is 4.52 Å². The lowest BCUT2D eigenvalue weighted by Crippen LogP contribution is -2.45. The van der Waals surface area contributed by atoms with Crippen molar-refractivity contribution in [2.45, 2.75) is 23.7 Å². The molecule has 3 heterocycles. The molecule has 0 radical (unpaired) electrons. The van der Waals surface area contributed by atoms with Gasteiger partial charge in [-0.2, -0.15) is 13.8 Å². The van der Waals surface area contributed by atoms with Crippen molar-refractivity contribution in [3.05, 3.63) is 53.2 Å². The molecular formula is C19H20F2N4O3S2. The van der Waals surface area contributed by atoms with Crippen LogP contribution in [0.5, 0.6) is 0 Å². The molecular weight excluding hydrogens is 434 g/mol. The van der Waals surface area contributed by atoms with Gasteiger partial charge in [-0.25, -0.2) is 8.42 Å². The first-order chi connectivity index (χ1) is 14.4. The number of alkyl halides is 2. The maximum atomic E-state index is 12.6. The number of nitrogens with zero attached hydrogens (tertiary/aromatic N) is 4. The van der Waals surface area contributed by atoms with E-state index in [2.05, 4.69) is 19.9 Å². The van der Waals surface area contributed by atoms with Crippen molar-refractivity contribution in [2.24, 2.45) is 0 Å². The Kier molecular flexibility index (Phi) is 6.23. The highest BCUT2D eigenvalue weighted by Crippen LogP contribution is 2.22. The first-order valence-corrected chi connectivity index (χ1v) is 11.8. The monoisotopic (exact) mass is 454 g/mol. The van der Waals surface area contributed by atoms with Gasteiger partial charge in [-0.05, 0) is 29.1 Å². The van der Waals surface area contributed by atoms with Gasteiger partial charge in [-0.1, -0.05) is 23.4 Å². The van der Waals surface area contributed by atoms with E-state index in [1.54, 1.807) is 23.5 Å². The standard InChI is InChI=1S/C19H20F2N4O3S2/c20-19(21)30(26,27)15-5-3-14(4-6-15)12-24-7-9-25(10-8-24)13-17-22-18(23-28-17)16-2-1-11-29-16/h1-6,11,19H,7-10,12-13H2. The highest BCUT2D eigenvalue weighted by molar-refractivity contribution is 7.91. The maximum Gasteiger partial charge on any atom is 0.341 e.